The summed E-state index contributed by atoms with van der Waals surface area (Å²) >= 11 is 12.1. The fourth-order valence-electron chi connectivity index (χ4n) is 3.54. The molecule has 1 saturated heterocycles. The minimum atomic E-state index is -0.0857. The van der Waals surface area contributed by atoms with E-state index in [0.717, 1.165) is 40.5 Å². The number of hydrogen-bond donors (Lipinski definition) is 0. The summed E-state index contributed by atoms with van der Waals surface area (Å²) in [7, 11) is 0. The topological polar surface area (TPSA) is 62.1 Å². The van der Waals surface area contributed by atoms with Crippen LogP contribution < -0.4 is 4.74 Å². The highest BCUT2D eigenvalue weighted by Crippen LogP contribution is 2.32. The van der Waals surface area contributed by atoms with Gasteiger partial charge in [0.2, 0.25) is 0 Å². The molecule has 4 heterocycles. The van der Waals surface area contributed by atoms with E-state index in [1.165, 1.54) is 6.33 Å². The van der Waals surface area contributed by atoms with Gasteiger partial charge in [-0.25, -0.2) is 9.97 Å². The SMILES string of the molecule is Clc1cnc2cc(OC[C@@H]3CC[C@H](n4ccc5c(Cl)ncnc54)O3)ccc2c1. The Labute approximate surface area is 171 Å². The van der Waals surface area contributed by atoms with E-state index in [-0.39, 0.29) is 12.3 Å². The van der Waals surface area contributed by atoms with E-state index in [4.69, 9.17) is 32.7 Å². The molecule has 0 saturated carbocycles. The second kappa shape index (κ2) is 7.20. The van der Waals surface area contributed by atoms with Crippen molar-refractivity contribution in [3.05, 3.63) is 59.2 Å². The van der Waals surface area contributed by atoms with Gasteiger partial charge in [-0.15, -0.1) is 0 Å². The molecule has 0 radical (unpaired) electrons. The van der Waals surface area contributed by atoms with E-state index >= 15 is 0 Å². The van der Waals surface area contributed by atoms with Gasteiger partial charge in [0.1, 0.15) is 35.7 Å². The molecule has 1 fully saturated rings. The van der Waals surface area contributed by atoms with Crippen LogP contribution in [-0.2, 0) is 4.74 Å². The minimum absolute atomic E-state index is 0.00799. The van der Waals surface area contributed by atoms with Gasteiger partial charge in [0, 0.05) is 23.8 Å². The van der Waals surface area contributed by atoms with Crippen LogP contribution in [0.4, 0.5) is 0 Å². The standard InChI is InChI=1S/C20H16Cl2N4O2/c21-13-7-12-1-2-14(8-17(12)23-9-13)27-10-15-3-4-18(28-15)26-6-5-16-19(22)24-11-25-20(16)26/h1-2,5-9,11,15,18H,3-4,10H2/t15-,18+/m0/s1. The highest BCUT2D eigenvalue weighted by atomic mass is 35.5. The lowest BCUT2D eigenvalue weighted by molar-refractivity contribution is -0.0156. The van der Waals surface area contributed by atoms with Gasteiger partial charge in [-0.2, -0.15) is 0 Å². The monoisotopic (exact) mass is 414 g/mol. The van der Waals surface area contributed by atoms with Gasteiger partial charge in [0.05, 0.1) is 22.0 Å². The lowest BCUT2D eigenvalue weighted by Gasteiger charge is -2.16. The number of rotatable bonds is 4. The van der Waals surface area contributed by atoms with Crippen LogP contribution in [-0.4, -0.2) is 32.2 Å². The van der Waals surface area contributed by atoms with E-state index in [0.29, 0.717) is 16.8 Å². The van der Waals surface area contributed by atoms with Crippen LogP contribution >= 0.6 is 23.2 Å². The van der Waals surface area contributed by atoms with Crippen molar-refractivity contribution < 1.29 is 9.47 Å². The van der Waals surface area contributed by atoms with Crippen molar-refractivity contribution in [1.29, 1.82) is 0 Å². The van der Waals surface area contributed by atoms with Gasteiger partial charge >= 0.3 is 0 Å². The molecular weight excluding hydrogens is 399 g/mol. The molecule has 8 heteroatoms. The predicted molar refractivity (Wildman–Crippen MR) is 108 cm³/mol. The Kier molecular flexibility index (Phi) is 4.55. The summed E-state index contributed by atoms with van der Waals surface area (Å²) in [6, 6.07) is 9.59. The van der Waals surface area contributed by atoms with Crippen molar-refractivity contribution >= 4 is 45.1 Å². The van der Waals surface area contributed by atoms with Gasteiger partial charge in [0.15, 0.2) is 0 Å². The second-order valence-electron chi connectivity index (χ2n) is 6.73. The molecule has 0 unspecified atom stereocenters. The van der Waals surface area contributed by atoms with Crippen LogP contribution in [0.15, 0.2) is 49.1 Å². The molecule has 1 aliphatic heterocycles. The summed E-state index contributed by atoms with van der Waals surface area (Å²) in [6.45, 7) is 0.477. The first-order chi connectivity index (χ1) is 13.7. The van der Waals surface area contributed by atoms with Crippen LogP contribution in [0, 0.1) is 0 Å². The molecule has 1 aliphatic rings. The van der Waals surface area contributed by atoms with Crippen molar-refractivity contribution in [3.63, 3.8) is 0 Å². The summed E-state index contributed by atoms with van der Waals surface area (Å²) in [5.74, 6) is 0.764. The number of pyridine rings is 1. The molecule has 0 amide bonds. The third-order valence-electron chi connectivity index (χ3n) is 4.91. The first-order valence-corrected chi connectivity index (χ1v) is 9.73. The summed E-state index contributed by atoms with van der Waals surface area (Å²) in [5.41, 5.74) is 1.63. The number of hydrogen-bond acceptors (Lipinski definition) is 5. The van der Waals surface area contributed by atoms with Crippen molar-refractivity contribution in [1.82, 2.24) is 19.5 Å². The Balaban J connectivity index is 1.26. The second-order valence-corrected chi connectivity index (χ2v) is 7.53. The summed E-state index contributed by atoms with van der Waals surface area (Å²) in [6.07, 6.45) is 6.76. The lowest BCUT2D eigenvalue weighted by atomic mass is 10.2. The Morgan fingerprint density at radius 1 is 1.11 bits per heavy atom. The van der Waals surface area contributed by atoms with Crippen molar-refractivity contribution in [3.8, 4) is 5.75 Å². The number of nitrogens with zero attached hydrogens (tertiary/aromatic N) is 4. The molecule has 142 valence electrons. The van der Waals surface area contributed by atoms with Crippen molar-refractivity contribution in [2.75, 3.05) is 6.61 Å². The Bertz CT molecular complexity index is 1160. The van der Waals surface area contributed by atoms with E-state index in [1.54, 1.807) is 6.20 Å². The van der Waals surface area contributed by atoms with E-state index < -0.39 is 0 Å². The maximum atomic E-state index is 6.18. The van der Waals surface area contributed by atoms with Crippen LogP contribution in [0.3, 0.4) is 0 Å². The number of fused-ring (bicyclic) bond motifs is 2. The average molecular weight is 415 g/mol. The first-order valence-electron chi connectivity index (χ1n) is 8.98. The summed E-state index contributed by atoms with van der Waals surface area (Å²) < 4.78 is 14.1. The largest absolute Gasteiger partial charge is 0.491 e. The van der Waals surface area contributed by atoms with Gasteiger partial charge in [-0.3, -0.25) is 4.98 Å². The maximum absolute atomic E-state index is 6.18. The molecule has 3 aromatic heterocycles. The van der Waals surface area contributed by atoms with Gasteiger partial charge in [-0.1, -0.05) is 23.2 Å². The molecular formula is C20H16Cl2N4O2. The zero-order valence-corrected chi connectivity index (χ0v) is 16.3. The number of halogens is 2. The van der Waals surface area contributed by atoms with Crippen LogP contribution in [0.5, 0.6) is 5.75 Å². The molecule has 2 atom stereocenters. The molecule has 6 nitrogen and oxygen atoms in total. The normalized spacial score (nSPS) is 19.5. The number of benzene rings is 1. The Morgan fingerprint density at radius 2 is 2.04 bits per heavy atom. The molecule has 1 aromatic carbocycles. The Morgan fingerprint density at radius 3 is 2.96 bits per heavy atom. The van der Waals surface area contributed by atoms with Crippen molar-refractivity contribution in [2.24, 2.45) is 0 Å². The molecule has 0 N–H and O–H groups in total. The summed E-state index contributed by atoms with van der Waals surface area (Å²) in [5, 5.41) is 2.89. The first kappa shape index (κ1) is 17.7. The number of aromatic nitrogens is 4. The zero-order chi connectivity index (χ0) is 19.1. The van der Waals surface area contributed by atoms with Gasteiger partial charge in [-0.05, 0) is 37.1 Å². The van der Waals surface area contributed by atoms with Crippen LogP contribution in [0.25, 0.3) is 21.9 Å². The zero-order valence-electron chi connectivity index (χ0n) is 14.8. The molecule has 0 aliphatic carbocycles. The smallest absolute Gasteiger partial charge is 0.146 e. The minimum Gasteiger partial charge on any atom is -0.491 e. The van der Waals surface area contributed by atoms with Crippen LogP contribution in [0.1, 0.15) is 19.1 Å². The fourth-order valence-corrected chi connectivity index (χ4v) is 3.90. The average Bonchev–Trinajstić information content (AvgIpc) is 3.33. The van der Waals surface area contributed by atoms with E-state index in [1.807, 2.05) is 41.1 Å². The predicted octanol–water partition coefficient (Wildman–Crippen LogP) is 5.04. The maximum Gasteiger partial charge on any atom is 0.146 e. The highest BCUT2D eigenvalue weighted by Gasteiger charge is 2.28. The number of ether oxygens (including phenoxy) is 2. The third kappa shape index (κ3) is 3.28. The molecule has 28 heavy (non-hydrogen) atoms. The molecule has 0 spiro atoms. The molecule has 4 aromatic rings. The summed E-state index contributed by atoms with van der Waals surface area (Å²) in [4.78, 5) is 12.7. The van der Waals surface area contributed by atoms with E-state index in [2.05, 4.69) is 15.0 Å². The lowest BCUT2D eigenvalue weighted by Crippen LogP contribution is -2.18. The van der Waals surface area contributed by atoms with Gasteiger partial charge in [0.25, 0.3) is 0 Å². The van der Waals surface area contributed by atoms with Crippen LogP contribution in [0.2, 0.25) is 10.2 Å². The molecule has 5 rings (SSSR count). The third-order valence-corrected chi connectivity index (χ3v) is 5.42. The molecule has 0 bridgehead atoms. The Hall–Kier alpha value is -2.41. The van der Waals surface area contributed by atoms with E-state index in [9.17, 15) is 0 Å². The highest BCUT2D eigenvalue weighted by molar-refractivity contribution is 6.33. The fraction of sp³-hybridized carbons (Fsp3) is 0.250. The quantitative estimate of drug-likeness (QED) is 0.437. The van der Waals surface area contributed by atoms with Crippen molar-refractivity contribution in [2.45, 2.75) is 25.2 Å². The van der Waals surface area contributed by atoms with Gasteiger partial charge < -0.3 is 14.0 Å².